The number of nitrogens with one attached hydrogen (secondary N) is 1. The number of hydrogen-bond donors (Lipinski definition) is 1. The van der Waals surface area contributed by atoms with Crippen LogP contribution in [0.4, 0.5) is 10.5 Å². The van der Waals surface area contributed by atoms with E-state index in [0.29, 0.717) is 28.5 Å². The van der Waals surface area contributed by atoms with E-state index < -0.39 is 0 Å². The minimum absolute atomic E-state index is 0.112. The summed E-state index contributed by atoms with van der Waals surface area (Å²) in [6, 6.07) is 14.2. The lowest BCUT2D eigenvalue weighted by Gasteiger charge is -2.13. The highest BCUT2D eigenvalue weighted by Gasteiger charge is 2.14. The highest BCUT2D eigenvalue weighted by molar-refractivity contribution is 8.13. The number of thioether (sulfide) groups is 1. The lowest BCUT2D eigenvalue weighted by atomic mass is 10.2. The average Bonchev–Trinajstić information content (AvgIpc) is 3.13. The van der Waals surface area contributed by atoms with Crippen LogP contribution in [0.5, 0.6) is 5.75 Å². The van der Waals surface area contributed by atoms with Gasteiger partial charge in [0.1, 0.15) is 12.4 Å². The number of ether oxygens (including phenoxy) is 1. The van der Waals surface area contributed by atoms with Crippen LogP contribution < -0.4 is 10.1 Å². The van der Waals surface area contributed by atoms with Crippen LogP contribution in [0.1, 0.15) is 21.1 Å². The Morgan fingerprint density at radius 1 is 1.17 bits per heavy atom. The first-order valence-corrected chi connectivity index (χ1v) is 10.6. The Balaban J connectivity index is 1.69. The van der Waals surface area contributed by atoms with E-state index in [-0.39, 0.29) is 11.1 Å². The highest BCUT2D eigenvalue weighted by atomic mass is 32.2. The van der Waals surface area contributed by atoms with Crippen LogP contribution in [-0.2, 0) is 6.61 Å². The zero-order chi connectivity index (χ0) is 20.8. The molecule has 0 saturated heterocycles. The molecule has 0 aliphatic heterocycles. The minimum Gasteiger partial charge on any atom is -0.487 e. The Kier molecular flexibility index (Phi) is 6.90. The van der Waals surface area contributed by atoms with E-state index >= 15 is 0 Å². The number of thiazole rings is 1. The van der Waals surface area contributed by atoms with E-state index in [0.717, 1.165) is 22.5 Å². The summed E-state index contributed by atoms with van der Waals surface area (Å²) in [4.78, 5) is 31.3. The first-order valence-electron chi connectivity index (χ1n) is 8.86. The number of amides is 2. The zero-order valence-electron chi connectivity index (χ0n) is 16.3. The van der Waals surface area contributed by atoms with Crippen molar-refractivity contribution in [3.8, 4) is 5.75 Å². The smallest absolute Gasteiger partial charge is 0.286 e. The van der Waals surface area contributed by atoms with Gasteiger partial charge in [0.05, 0.1) is 16.4 Å². The lowest BCUT2D eigenvalue weighted by Crippen LogP contribution is -2.17. The Morgan fingerprint density at radius 2 is 1.97 bits per heavy atom. The zero-order valence-corrected chi connectivity index (χ0v) is 18.0. The number of nitrogens with zero attached hydrogens (tertiary/aromatic N) is 2. The van der Waals surface area contributed by atoms with Gasteiger partial charge in [0.25, 0.3) is 11.1 Å². The van der Waals surface area contributed by atoms with Gasteiger partial charge in [-0.1, -0.05) is 18.2 Å². The van der Waals surface area contributed by atoms with Crippen molar-refractivity contribution >= 4 is 39.9 Å². The Labute approximate surface area is 177 Å². The molecule has 0 bridgehead atoms. The number of aryl methyl sites for hydroxylation is 1. The minimum atomic E-state index is -0.273. The van der Waals surface area contributed by atoms with Gasteiger partial charge in [0.15, 0.2) is 0 Å². The molecule has 3 rings (SSSR count). The van der Waals surface area contributed by atoms with Crippen molar-refractivity contribution < 1.29 is 14.3 Å². The second kappa shape index (κ2) is 9.58. The molecule has 1 heterocycles. The van der Waals surface area contributed by atoms with E-state index in [9.17, 15) is 9.59 Å². The van der Waals surface area contributed by atoms with Crippen molar-refractivity contribution in [1.82, 2.24) is 9.88 Å². The fraction of sp³-hybridized carbons (Fsp3) is 0.190. The molecule has 2 aromatic carbocycles. The summed E-state index contributed by atoms with van der Waals surface area (Å²) in [5.74, 6) is 0.319. The van der Waals surface area contributed by atoms with Crippen LogP contribution in [0.15, 0.2) is 58.8 Å². The van der Waals surface area contributed by atoms with Crippen LogP contribution in [0.3, 0.4) is 0 Å². The van der Waals surface area contributed by atoms with E-state index in [1.807, 2.05) is 24.4 Å². The first-order chi connectivity index (χ1) is 13.9. The molecule has 2 amide bonds. The average molecular weight is 428 g/mol. The molecule has 150 valence electrons. The summed E-state index contributed by atoms with van der Waals surface area (Å²) < 4.78 is 5.76. The number of para-hydroxylation sites is 1. The number of benzene rings is 2. The van der Waals surface area contributed by atoms with Gasteiger partial charge in [0, 0.05) is 29.9 Å². The molecule has 0 aliphatic rings. The van der Waals surface area contributed by atoms with Crippen LogP contribution in [0, 0.1) is 6.92 Å². The largest absolute Gasteiger partial charge is 0.487 e. The maximum Gasteiger partial charge on any atom is 0.286 e. The van der Waals surface area contributed by atoms with Crippen LogP contribution in [-0.4, -0.2) is 35.1 Å². The molecule has 0 fully saturated rings. The van der Waals surface area contributed by atoms with Crippen LogP contribution in [0.2, 0.25) is 0 Å². The maximum atomic E-state index is 12.7. The number of hydrogen-bond acceptors (Lipinski definition) is 6. The highest BCUT2D eigenvalue weighted by Crippen LogP contribution is 2.29. The van der Waals surface area contributed by atoms with Gasteiger partial charge in [-0.2, -0.15) is 0 Å². The number of aromatic nitrogens is 1. The van der Waals surface area contributed by atoms with Gasteiger partial charge >= 0.3 is 0 Å². The quantitative estimate of drug-likeness (QED) is 0.557. The molecule has 0 saturated carbocycles. The molecule has 0 unspecified atom stereocenters. The molecule has 8 heteroatoms. The fourth-order valence-electron chi connectivity index (χ4n) is 2.40. The van der Waals surface area contributed by atoms with E-state index in [2.05, 4.69) is 10.3 Å². The van der Waals surface area contributed by atoms with Gasteiger partial charge in [-0.05, 0) is 49.0 Å². The number of anilines is 1. The van der Waals surface area contributed by atoms with Gasteiger partial charge in [0.2, 0.25) is 0 Å². The number of carbonyl (C=O) groups is 2. The van der Waals surface area contributed by atoms with Crippen LogP contribution >= 0.6 is 23.1 Å². The van der Waals surface area contributed by atoms with Crippen molar-refractivity contribution in [3.63, 3.8) is 0 Å². The van der Waals surface area contributed by atoms with Gasteiger partial charge in [-0.3, -0.25) is 9.59 Å². The third-order valence-corrected chi connectivity index (χ3v) is 5.79. The van der Waals surface area contributed by atoms with Gasteiger partial charge in [-0.15, -0.1) is 11.3 Å². The molecule has 29 heavy (non-hydrogen) atoms. The molecule has 0 aliphatic carbocycles. The van der Waals surface area contributed by atoms with Gasteiger partial charge < -0.3 is 15.0 Å². The molecule has 0 radical (unpaired) electrons. The molecule has 1 aromatic heterocycles. The second-order valence-corrected chi connectivity index (χ2v) is 8.44. The topological polar surface area (TPSA) is 71.5 Å². The standard InChI is InChI=1S/C21H21N3O3S2/c1-14-22-16(13-28-14)12-27-17-8-6-7-15(11-17)20(25)23-18-9-4-5-10-19(18)29-21(26)24(2)3/h4-11,13H,12H2,1-3H3,(H,23,25). The summed E-state index contributed by atoms with van der Waals surface area (Å²) in [7, 11) is 3.38. The summed E-state index contributed by atoms with van der Waals surface area (Å²) in [5.41, 5.74) is 1.91. The molecule has 0 atom stereocenters. The lowest BCUT2D eigenvalue weighted by molar-refractivity contribution is 0.102. The Hall–Kier alpha value is -2.84. The van der Waals surface area contributed by atoms with E-state index in [1.54, 1.807) is 61.8 Å². The SMILES string of the molecule is Cc1nc(COc2cccc(C(=O)Nc3ccccc3SC(=O)N(C)C)c2)cs1. The fourth-order valence-corrected chi connectivity index (χ4v) is 3.74. The molecule has 1 N–H and O–H groups in total. The predicted molar refractivity (Wildman–Crippen MR) is 117 cm³/mol. The molecular weight excluding hydrogens is 406 g/mol. The summed E-state index contributed by atoms with van der Waals surface area (Å²) in [5, 5.41) is 5.71. The summed E-state index contributed by atoms with van der Waals surface area (Å²) in [6.45, 7) is 2.29. The summed E-state index contributed by atoms with van der Waals surface area (Å²) >= 11 is 2.64. The van der Waals surface area contributed by atoms with Crippen LogP contribution in [0.25, 0.3) is 0 Å². The number of carbonyl (C=O) groups excluding carboxylic acids is 2. The second-order valence-electron chi connectivity index (χ2n) is 6.39. The number of rotatable bonds is 6. The third kappa shape index (κ3) is 5.82. The summed E-state index contributed by atoms with van der Waals surface area (Å²) in [6.07, 6.45) is 0. The predicted octanol–water partition coefficient (Wildman–Crippen LogP) is 5.06. The first kappa shape index (κ1) is 20.9. The maximum absolute atomic E-state index is 12.7. The van der Waals surface area contributed by atoms with Crippen molar-refractivity contribution in [1.29, 1.82) is 0 Å². The molecule has 6 nitrogen and oxygen atoms in total. The van der Waals surface area contributed by atoms with Gasteiger partial charge in [-0.25, -0.2) is 4.98 Å². The molecule has 3 aromatic rings. The Bertz CT molecular complexity index is 1020. The van der Waals surface area contributed by atoms with E-state index in [1.165, 1.54) is 4.90 Å². The van der Waals surface area contributed by atoms with Crippen molar-refractivity contribution in [2.45, 2.75) is 18.4 Å². The monoisotopic (exact) mass is 427 g/mol. The molecular formula is C21H21N3O3S2. The van der Waals surface area contributed by atoms with Crippen molar-refractivity contribution in [3.05, 3.63) is 70.2 Å². The normalized spacial score (nSPS) is 10.4. The van der Waals surface area contributed by atoms with Crippen molar-refractivity contribution in [2.75, 3.05) is 19.4 Å². The van der Waals surface area contributed by atoms with Crippen molar-refractivity contribution in [2.24, 2.45) is 0 Å². The third-order valence-electron chi connectivity index (χ3n) is 3.85. The Morgan fingerprint density at radius 3 is 2.69 bits per heavy atom. The van der Waals surface area contributed by atoms with E-state index in [4.69, 9.17) is 4.74 Å². The molecule has 0 spiro atoms.